The van der Waals surface area contributed by atoms with Gasteiger partial charge in [0, 0.05) is 32.0 Å². The number of hydrogen-bond donors (Lipinski definition) is 3. The van der Waals surface area contributed by atoms with Crippen LogP contribution in [0.25, 0.3) is 0 Å². The number of methoxy groups -OCH3 is 1. The Kier molecular flexibility index (Phi) is 10.5. The van der Waals surface area contributed by atoms with E-state index < -0.39 is 16.1 Å². The molecule has 0 saturated heterocycles. The summed E-state index contributed by atoms with van der Waals surface area (Å²) in [5.41, 5.74) is 2.56. The summed E-state index contributed by atoms with van der Waals surface area (Å²) >= 11 is 0. The lowest BCUT2D eigenvalue weighted by Crippen LogP contribution is -2.51. The van der Waals surface area contributed by atoms with Gasteiger partial charge in [-0.1, -0.05) is 54.6 Å². The van der Waals surface area contributed by atoms with Crippen LogP contribution in [0, 0.1) is 0 Å². The van der Waals surface area contributed by atoms with E-state index in [1.807, 2.05) is 54.6 Å². The van der Waals surface area contributed by atoms with Crippen molar-refractivity contribution in [3.05, 3.63) is 95.6 Å². The van der Waals surface area contributed by atoms with Gasteiger partial charge in [-0.2, -0.15) is 0 Å². The minimum absolute atomic E-state index is 0.0207. The molecule has 3 aromatic carbocycles. The predicted molar refractivity (Wildman–Crippen MR) is 156 cm³/mol. The minimum Gasteiger partial charge on any atom is -0.497 e. The molecule has 1 aliphatic carbocycles. The zero-order chi connectivity index (χ0) is 29.2. The van der Waals surface area contributed by atoms with Gasteiger partial charge in [0.1, 0.15) is 11.8 Å². The van der Waals surface area contributed by atoms with Gasteiger partial charge in [-0.05, 0) is 60.2 Å². The first-order valence-corrected chi connectivity index (χ1v) is 15.2. The Morgan fingerprint density at radius 1 is 0.951 bits per heavy atom. The average Bonchev–Trinajstić information content (AvgIpc) is 3.80. The maximum absolute atomic E-state index is 13.8. The number of carbonyl (C=O) groups is 2. The van der Waals surface area contributed by atoms with Crippen molar-refractivity contribution in [2.75, 3.05) is 20.3 Å². The molecular formula is C31H37N3O6S. The van der Waals surface area contributed by atoms with Gasteiger partial charge in [0.15, 0.2) is 0 Å². The van der Waals surface area contributed by atoms with Gasteiger partial charge in [-0.15, -0.1) is 0 Å². The molecule has 0 radical (unpaired) electrons. The summed E-state index contributed by atoms with van der Waals surface area (Å²) in [5.74, 6) is 0.126. The number of aryl methyl sites for hydroxylation is 1. The molecule has 1 atom stereocenters. The number of sulfonamides is 1. The summed E-state index contributed by atoms with van der Waals surface area (Å²) in [7, 11) is -1.97. The second-order valence-electron chi connectivity index (χ2n) is 10.1. The molecule has 1 saturated carbocycles. The molecule has 0 spiro atoms. The lowest BCUT2D eigenvalue weighted by atomic mass is 10.0. The molecule has 3 aromatic rings. The number of hydrogen-bond acceptors (Lipinski definition) is 6. The Balaban J connectivity index is 1.54. The second kappa shape index (κ2) is 14.2. The SMILES string of the molecule is COc1ccc(CN(C(=O)CCc2ccc(S(=O)(=O)NC3CC3)cc2)[C@@H](Cc2ccccc2)C(=O)NCCO)cc1. The van der Waals surface area contributed by atoms with Crippen LogP contribution in [0.4, 0.5) is 0 Å². The van der Waals surface area contributed by atoms with Crippen molar-refractivity contribution < 1.29 is 27.9 Å². The van der Waals surface area contributed by atoms with E-state index in [-0.39, 0.29) is 48.9 Å². The smallest absolute Gasteiger partial charge is 0.243 e. The summed E-state index contributed by atoms with van der Waals surface area (Å²) < 4.78 is 32.9. The summed E-state index contributed by atoms with van der Waals surface area (Å²) in [6.45, 7) is 0.0779. The van der Waals surface area contributed by atoms with Gasteiger partial charge in [-0.3, -0.25) is 9.59 Å². The molecule has 3 N–H and O–H groups in total. The number of benzene rings is 3. The molecule has 0 bridgehead atoms. The van der Waals surface area contributed by atoms with Crippen molar-refractivity contribution in [1.82, 2.24) is 14.9 Å². The maximum Gasteiger partial charge on any atom is 0.243 e. The molecular weight excluding hydrogens is 542 g/mol. The predicted octanol–water partition coefficient (Wildman–Crippen LogP) is 2.82. The van der Waals surface area contributed by atoms with Crippen LogP contribution < -0.4 is 14.8 Å². The van der Waals surface area contributed by atoms with Gasteiger partial charge in [0.25, 0.3) is 0 Å². The van der Waals surface area contributed by atoms with E-state index in [1.54, 1.807) is 36.3 Å². The fourth-order valence-electron chi connectivity index (χ4n) is 4.50. The fourth-order valence-corrected chi connectivity index (χ4v) is 5.80. The number of carbonyl (C=O) groups excluding carboxylic acids is 2. The zero-order valence-corrected chi connectivity index (χ0v) is 24.0. The number of ether oxygens (including phenoxy) is 1. The number of aliphatic hydroxyl groups is 1. The summed E-state index contributed by atoms with van der Waals surface area (Å²) in [4.78, 5) is 28.9. The van der Waals surface area contributed by atoms with Crippen molar-refractivity contribution in [2.45, 2.75) is 55.6 Å². The summed E-state index contributed by atoms with van der Waals surface area (Å²) in [6.07, 6.45) is 2.53. The number of aliphatic hydroxyl groups excluding tert-OH is 1. The number of amides is 2. The molecule has 41 heavy (non-hydrogen) atoms. The molecule has 0 aromatic heterocycles. The normalized spacial score (nSPS) is 13.8. The topological polar surface area (TPSA) is 125 Å². The van der Waals surface area contributed by atoms with E-state index >= 15 is 0 Å². The van der Waals surface area contributed by atoms with Gasteiger partial charge in [-0.25, -0.2) is 13.1 Å². The summed E-state index contributed by atoms with van der Waals surface area (Å²) in [5, 5.41) is 12.0. The molecule has 9 nitrogen and oxygen atoms in total. The van der Waals surface area contributed by atoms with Crippen molar-refractivity contribution in [3.8, 4) is 5.75 Å². The molecule has 0 unspecified atom stereocenters. The molecule has 218 valence electrons. The quantitative estimate of drug-likeness (QED) is 0.254. The van der Waals surface area contributed by atoms with Crippen molar-refractivity contribution >= 4 is 21.8 Å². The average molecular weight is 580 g/mol. The van der Waals surface area contributed by atoms with E-state index in [4.69, 9.17) is 4.74 Å². The lowest BCUT2D eigenvalue weighted by Gasteiger charge is -2.31. The monoisotopic (exact) mass is 579 g/mol. The van der Waals surface area contributed by atoms with E-state index in [0.717, 1.165) is 29.5 Å². The van der Waals surface area contributed by atoms with Crippen LogP contribution in [0.2, 0.25) is 0 Å². The third-order valence-electron chi connectivity index (χ3n) is 6.95. The third kappa shape index (κ3) is 8.88. The van der Waals surface area contributed by atoms with Crippen molar-refractivity contribution in [2.24, 2.45) is 0 Å². The van der Waals surface area contributed by atoms with Crippen molar-refractivity contribution in [3.63, 3.8) is 0 Å². The minimum atomic E-state index is -3.55. The van der Waals surface area contributed by atoms with Gasteiger partial charge in [0.05, 0.1) is 18.6 Å². The standard InChI is InChI=1S/C31H37N3O6S/c1-40-27-14-7-25(8-15-27)22-34(29(31(37)32-19-20-35)21-24-5-3-2-4-6-24)30(36)18-11-23-9-16-28(17-10-23)41(38,39)33-26-12-13-26/h2-10,14-17,26,29,33,35H,11-13,18-22H2,1H3,(H,32,37)/t29-/m0/s1. The first kappa shape index (κ1) is 30.2. The number of nitrogens with zero attached hydrogens (tertiary/aromatic N) is 1. The van der Waals surface area contributed by atoms with Crippen molar-refractivity contribution in [1.29, 1.82) is 0 Å². The fraction of sp³-hybridized carbons (Fsp3) is 0.355. The highest BCUT2D eigenvalue weighted by atomic mass is 32.2. The Bertz CT molecular complexity index is 1390. The first-order chi connectivity index (χ1) is 19.8. The molecule has 4 rings (SSSR count). The summed E-state index contributed by atoms with van der Waals surface area (Å²) in [6, 6.07) is 22.6. The molecule has 0 aliphatic heterocycles. The van der Waals surface area contributed by atoms with E-state index in [0.29, 0.717) is 18.6 Å². The van der Waals surface area contributed by atoms with Gasteiger partial charge >= 0.3 is 0 Å². The molecule has 2 amide bonds. The zero-order valence-electron chi connectivity index (χ0n) is 23.2. The molecule has 10 heteroatoms. The molecule has 0 heterocycles. The molecule has 1 aliphatic rings. The van der Waals surface area contributed by atoms with Gasteiger partial charge in [0.2, 0.25) is 21.8 Å². The van der Waals surface area contributed by atoms with Crippen LogP contribution in [-0.4, -0.2) is 62.6 Å². The van der Waals surface area contributed by atoms with Crippen LogP contribution in [0.5, 0.6) is 5.75 Å². The van der Waals surface area contributed by atoms with Gasteiger partial charge < -0.3 is 20.1 Å². The molecule has 1 fully saturated rings. The second-order valence-corrected chi connectivity index (χ2v) is 11.8. The largest absolute Gasteiger partial charge is 0.497 e. The Labute approximate surface area is 241 Å². The van der Waals surface area contributed by atoms with E-state index in [9.17, 15) is 23.1 Å². The highest BCUT2D eigenvalue weighted by Gasteiger charge is 2.30. The third-order valence-corrected chi connectivity index (χ3v) is 8.49. The van der Waals surface area contributed by atoms with E-state index in [2.05, 4.69) is 10.0 Å². The first-order valence-electron chi connectivity index (χ1n) is 13.7. The number of nitrogens with one attached hydrogen (secondary N) is 2. The Hall–Kier alpha value is -3.73. The highest BCUT2D eigenvalue weighted by Crippen LogP contribution is 2.23. The highest BCUT2D eigenvalue weighted by molar-refractivity contribution is 7.89. The van der Waals surface area contributed by atoms with Crippen LogP contribution in [0.15, 0.2) is 83.8 Å². The van der Waals surface area contributed by atoms with Crippen LogP contribution >= 0.6 is 0 Å². The lowest BCUT2D eigenvalue weighted by molar-refractivity contribution is -0.141. The van der Waals surface area contributed by atoms with Crippen LogP contribution in [0.1, 0.15) is 36.0 Å². The van der Waals surface area contributed by atoms with E-state index in [1.165, 1.54) is 0 Å². The Morgan fingerprint density at radius 3 is 2.22 bits per heavy atom. The van der Waals surface area contributed by atoms with Crippen LogP contribution in [-0.2, 0) is 39.0 Å². The Morgan fingerprint density at radius 2 is 1.61 bits per heavy atom. The number of rotatable bonds is 15. The van der Waals surface area contributed by atoms with Crippen LogP contribution in [0.3, 0.4) is 0 Å². The maximum atomic E-state index is 13.8.